The van der Waals surface area contributed by atoms with Crippen LogP contribution in [0.15, 0.2) is 60.7 Å². The Morgan fingerprint density at radius 1 is 1.03 bits per heavy atom. The van der Waals surface area contributed by atoms with E-state index >= 15 is 0 Å². The molecule has 2 N–H and O–H groups in total. The Hall–Kier alpha value is -3.25. The highest BCUT2D eigenvalue weighted by molar-refractivity contribution is 5.93. The number of nitrogens with zero attached hydrogens (tertiary/aromatic N) is 2. The van der Waals surface area contributed by atoms with Gasteiger partial charge in [-0.2, -0.15) is 0 Å². The first-order valence-electron chi connectivity index (χ1n) is 12.7. The summed E-state index contributed by atoms with van der Waals surface area (Å²) >= 11 is 0. The molecular formula is C29H36N2O4. The zero-order chi connectivity index (χ0) is 24.6. The number of carbonyl (C=O) groups is 1. The summed E-state index contributed by atoms with van der Waals surface area (Å²) in [5.41, 5.74) is 2.67. The molecule has 0 bridgehead atoms. The van der Waals surface area contributed by atoms with E-state index in [0.717, 1.165) is 38.9 Å². The average molecular weight is 477 g/mol. The van der Waals surface area contributed by atoms with Crippen molar-refractivity contribution in [2.45, 2.75) is 45.4 Å². The minimum atomic E-state index is -0.441. The summed E-state index contributed by atoms with van der Waals surface area (Å²) in [7, 11) is 0. The standard InChI is InChI=1S/C29H36N2O4/c1-22-19-27(32)31(28(22)33)26-16-8-7-15-25(26)29(34)35-21-24-14-10-18-30(20-24)17-9-3-6-13-23-11-4-2-5-12-23/h2,4-5,7-8,11-12,15-16,19,24,32-33H,3,6,9-10,13-14,17-18,20-21H2,1H3. The van der Waals surface area contributed by atoms with Crippen molar-refractivity contribution in [3.05, 3.63) is 77.4 Å². The molecule has 0 saturated carbocycles. The number of para-hydroxylation sites is 1. The smallest absolute Gasteiger partial charge is 0.340 e. The molecule has 6 heteroatoms. The van der Waals surface area contributed by atoms with Gasteiger partial charge in [-0.1, -0.05) is 48.9 Å². The van der Waals surface area contributed by atoms with Gasteiger partial charge < -0.3 is 19.8 Å². The van der Waals surface area contributed by atoms with Crippen LogP contribution in [0.4, 0.5) is 0 Å². The van der Waals surface area contributed by atoms with Crippen LogP contribution in [0.3, 0.4) is 0 Å². The molecule has 1 atom stereocenters. The summed E-state index contributed by atoms with van der Waals surface area (Å²) in [4.78, 5) is 15.4. The van der Waals surface area contributed by atoms with E-state index in [-0.39, 0.29) is 11.8 Å². The highest BCUT2D eigenvalue weighted by atomic mass is 16.5. The van der Waals surface area contributed by atoms with Crippen molar-refractivity contribution in [3.63, 3.8) is 0 Å². The van der Waals surface area contributed by atoms with Crippen LogP contribution >= 0.6 is 0 Å². The molecular weight excluding hydrogens is 440 g/mol. The molecule has 0 amide bonds. The molecule has 0 aliphatic carbocycles. The Kier molecular flexibility index (Phi) is 8.48. The average Bonchev–Trinajstić information content (AvgIpc) is 3.14. The fourth-order valence-corrected chi connectivity index (χ4v) is 4.93. The Bertz CT molecular complexity index is 1110. The topological polar surface area (TPSA) is 74.9 Å². The minimum Gasteiger partial charge on any atom is -0.494 e. The second-order valence-electron chi connectivity index (χ2n) is 9.57. The molecule has 2 heterocycles. The first kappa shape index (κ1) is 24.9. The number of likely N-dealkylation sites (tertiary alicyclic amines) is 1. The van der Waals surface area contributed by atoms with E-state index in [1.807, 2.05) is 0 Å². The number of hydrogen-bond donors (Lipinski definition) is 2. The summed E-state index contributed by atoms with van der Waals surface area (Å²) in [6.07, 6.45) is 6.94. The highest BCUT2D eigenvalue weighted by Crippen LogP contribution is 2.32. The van der Waals surface area contributed by atoms with Crippen molar-refractivity contribution in [1.29, 1.82) is 0 Å². The minimum absolute atomic E-state index is 0.0885. The van der Waals surface area contributed by atoms with Crippen LogP contribution < -0.4 is 0 Å². The third-order valence-corrected chi connectivity index (χ3v) is 6.84. The first-order chi connectivity index (χ1) is 17.0. The second kappa shape index (κ2) is 11.9. The van der Waals surface area contributed by atoms with E-state index in [4.69, 9.17) is 4.74 Å². The quantitative estimate of drug-likeness (QED) is 0.299. The number of ether oxygens (including phenoxy) is 1. The fourth-order valence-electron chi connectivity index (χ4n) is 4.93. The Balaban J connectivity index is 1.25. The van der Waals surface area contributed by atoms with Gasteiger partial charge in [0.15, 0.2) is 5.88 Å². The predicted molar refractivity (Wildman–Crippen MR) is 137 cm³/mol. The maximum absolute atomic E-state index is 12.9. The molecule has 0 spiro atoms. The molecule has 2 aromatic carbocycles. The van der Waals surface area contributed by atoms with Crippen LogP contribution in [0, 0.1) is 12.8 Å². The monoisotopic (exact) mass is 476 g/mol. The zero-order valence-corrected chi connectivity index (χ0v) is 20.5. The van der Waals surface area contributed by atoms with Crippen molar-refractivity contribution in [3.8, 4) is 17.4 Å². The molecule has 1 aliphatic heterocycles. The van der Waals surface area contributed by atoms with Crippen molar-refractivity contribution in [2.75, 3.05) is 26.2 Å². The van der Waals surface area contributed by atoms with Gasteiger partial charge in [-0.15, -0.1) is 0 Å². The highest BCUT2D eigenvalue weighted by Gasteiger charge is 2.23. The Morgan fingerprint density at radius 3 is 2.57 bits per heavy atom. The van der Waals surface area contributed by atoms with Crippen LogP contribution in [0.5, 0.6) is 11.8 Å². The molecule has 35 heavy (non-hydrogen) atoms. The summed E-state index contributed by atoms with van der Waals surface area (Å²) in [6.45, 7) is 5.22. The lowest BCUT2D eigenvalue weighted by atomic mass is 9.98. The lowest BCUT2D eigenvalue weighted by molar-refractivity contribution is 0.0353. The Morgan fingerprint density at radius 2 is 1.80 bits per heavy atom. The molecule has 3 aromatic rings. The molecule has 0 radical (unpaired) electrons. The van der Waals surface area contributed by atoms with Gasteiger partial charge in [0.1, 0.15) is 0 Å². The van der Waals surface area contributed by atoms with Crippen LogP contribution in [-0.4, -0.2) is 51.9 Å². The van der Waals surface area contributed by atoms with Crippen molar-refractivity contribution in [1.82, 2.24) is 9.47 Å². The molecule has 186 valence electrons. The number of hydrogen-bond acceptors (Lipinski definition) is 5. The molecule has 1 aliphatic rings. The number of benzene rings is 2. The molecule has 1 aromatic heterocycles. The van der Waals surface area contributed by atoms with Gasteiger partial charge >= 0.3 is 5.97 Å². The third kappa shape index (κ3) is 6.45. The number of rotatable bonds is 10. The van der Waals surface area contributed by atoms with Crippen molar-refractivity contribution in [2.24, 2.45) is 5.92 Å². The van der Waals surface area contributed by atoms with Gasteiger partial charge in [-0.05, 0) is 69.8 Å². The van der Waals surface area contributed by atoms with Gasteiger partial charge in [0.05, 0.1) is 17.9 Å². The fraction of sp³-hybridized carbons (Fsp3) is 0.414. The van der Waals surface area contributed by atoms with E-state index in [0.29, 0.717) is 29.3 Å². The molecule has 1 saturated heterocycles. The van der Waals surface area contributed by atoms with Crippen LogP contribution in [-0.2, 0) is 11.2 Å². The number of aromatic nitrogens is 1. The molecule has 1 fully saturated rings. The van der Waals surface area contributed by atoms with Crippen molar-refractivity contribution >= 4 is 5.97 Å². The largest absolute Gasteiger partial charge is 0.494 e. The lowest BCUT2D eigenvalue weighted by Crippen LogP contribution is -2.38. The zero-order valence-electron chi connectivity index (χ0n) is 20.5. The number of carbonyl (C=O) groups excluding carboxylic acids is 1. The summed E-state index contributed by atoms with van der Waals surface area (Å²) < 4.78 is 6.98. The SMILES string of the molecule is Cc1cc(O)n(-c2ccccc2C(=O)OCC2CCCN(CCCCCc3ccccc3)C2)c1O. The summed E-state index contributed by atoms with van der Waals surface area (Å²) in [5.74, 6) is -0.329. The van der Waals surface area contributed by atoms with Gasteiger partial charge in [-0.3, -0.25) is 4.57 Å². The predicted octanol–water partition coefficient (Wildman–Crippen LogP) is 5.48. The number of unbranched alkanes of at least 4 members (excludes halogenated alkanes) is 2. The maximum atomic E-state index is 12.9. The van der Waals surface area contributed by atoms with E-state index < -0.39 is 5.97 Å². The third-order valence-electron chi connectivity index (χ3n) is 6.84. The second-order valence-corrected chi connectivity index (χ2v) is 9.57. The van der Waals surface area contributed by atoms with Crippen LogP contribution in [0.25, 0.3) is 5.69 Å². The molecule has 4 rings (SSSR count). The van der Waals surface area contributed by atoms with Gasteiger partial charge in [-0.25, -0.2) is 4.79 Å². The Labute approximate surface area is 207 Å². The van der Waals surface area contributed by atoms with E-state index in [1.54, 1.807) is 31.2 Å². The number of aromatic hydroxyl groups is 2. The van der Waals surface area contributed by atoms with E-state index in [2.05, 4.69) is 35.2 Å². The van der Waals surface area contributed by atoms with Crippen molar-refractivity contribution < 1.29 is 19.7 Å². The van der Waals surface area contributed by atoms with Gasteiger partial charge in [0.2, 0.25) is 5.88 Å². The number of esters is 1. The summed E-state index contributed by atoms with van der Waals surface area (Å²) in [6, 6.07) is 19.0. The first-order valence-corrected chi connectivity index (χ1v) is 12.7. The maximum Gasteiger partial charge on any atom is 0.340 e. The number of piperidine rings is 1. The van der Waals surface area contributed by atoms with Gasteiger partial charge in [0.25, 0.3) is 0 Å². The van der Waals surface area contributed by atoms with Gasteiger partial charge in [0, 0.05) is 24.1 Å². The molecule has 6 nitrogen and oxygen atoms in total. The summed E-state index contributed by atoms with van der Waals surface area (Å²) in [5, 5.41) is 20.6. The normalized spacial score (nSPS) is 16.3. The van der Waals surface area contributed by atoms with E-state index in [1.165, 1.54) is 35.5 Å². The van der Waals surface area contributed by atoms with E-state index in [9.17, 15) is 15.0 Å². The molecule has 1 unspecified atom stereocenters. The van der Waals surface area contributed by atoms with Crippen LogP contribution in [0.2, 0.25) is 0 Å². The van der Waals surface area contributed by atoms with Crippen LogP contribution in [0.1, 0.15) is 53.6 Å². The lowest BCUT2D eigenvalue weighted by Gasteiger charge is -2.32. The number of aryl methyl sites for hydroxylation is 2.